The van der Waals surface area contributed by atoms with Gasteiger partial charge in [0, 0.05) is 13.1 Å². The molecular weight excluding hydrogens is 302 g/mol. The number of rotatable bonds is 0. The molecule has 23 heavy (non-hydrogen) atoms. The summed E-state index contributed by atoms with van der Waals surface area (Å²) in [6.45, 7) is 2.33. The number of likely N-dealkylation sites (tertiary alicyclic amines) is 1. The SMILES string of the molecule is CN1CCC(=C2c3ccccc3C=Cc3ccccc32)CC1.Cl. The van der Waals surface area contributed by atoms with Gasteiger partial charge in [-0.2, -0.15) is 0 Å². The Kier molecular flexibility index (Phi) is 4.70. The van der Waals surface area contributed by atoms with Gasteiger partial charge < -0.3 is 4.90 Å². The summed E-state index contributed by atoms with van der Waals surface area (Å²) >= 11 is 0. The van der Waals surface area contributed by atoms with Crippen LogP contribution in [0.25, 0.3) is 17.7 Å². The highest BCUT2D eigenvalue weighted by atomic mass is 35.5. The van der Waals surface area contributed by atoms with E-state index in [4.69, 9.17) is 0 Å². The Morgan fingerprint density at radius 3 is 1.74 bits per heavy atom. The maximum Gasteiger partial charge on any atom is 0.00160 e. The first kappa shape index (κ1) is 16.0. The fourth-order valence-corrected chi connectivity index (χ4v) is 3.58. The summed E-state index contributed by atoms with van der Waals surface area (Å²) in [7, 11) is 2.22. The fourth-order valence-electron chi connectivity index (χ4n) is 3.58. The Hall–Kier alpha value is -1.83. The molecule has 1 aliphatic heterocycles. The molecule has 1 saturated heterocycles. The summed E-state index contributed by atoms with van der Waals surface area (Å²) in [4.78, 5) is 2.43. The highest BCUT2D eigenvalue weighted by molar-refractivity contribution is 5.94. The van der Waals surface area contributed by atoms with Crippen LogP contribution in [0.1, 0.15) is 35.1 Å². The van der Waals surface area contributed by atoms with E-state index in [9.17, 15) is 0 Å². The van der Waals surface area contributed by atoms with Crippen molar-refractivity contribution in [3.8, 4) is 0 Å². The summed E-state index contributed by atoms with van der Waals surface area (Å²) in [5, 5.41) is 0. The van der Waals surface area contributed by atoms with Crippen LogP contribution in [0.5, 0.6) is 0 Å². The van der Waals surface area contributed by atoms with E-state index in [1.54, 1.807) is 5.57 Å². The summed E-state index contributed by atoms with van der Waals surface area (Å²) in [6, 6.07) is 17.6. The van der Waals surface area contributed by atoms with Crippen molar-refractivity contribution in [2.24, 2.45) is 0 Å². The quantitative estimate of drug-likeness (QED) is 0.555. The Morgan fingerprint density at radius 1 is 0.739 bits per heavy atom. The Bertz CT molecular complexity index is 711. The zero-order valence-corrected chi connectivity index (χ0v) is 14.3. The third-order valence-electron chi connectivity index (χ3n) is 4.85. The molecule has 0 radical (unpaired) electrons. The number of benzene rings is 2. The van der Waals surface area contributed by atoms with Gasteiger partial charge in [0.05, 0.1) is 0 Å². The monoisotopic (exact) mass is 323 g/mol. The Balaban J connectivity index is 0.00000156. The molecule has 2 heteroatoms. The first-order chi connectivity index (χ1) is 10.8. The molecule has 0 spiro atoms. The summed E-state index contributed by atoms with van der Waals surface area (Å²) < 4.78 is 0. The summed E-state index contributed by atoms with van der Waals surface area (Å²) in [5.74, 6) is 0. The van der Waals surface area contributed by atoms with Crippen LogP contribution in [0.2, 0.25) is 0 Å². The molecule has 0 aromatic heterocycles. The zero-order valence-electron chi connectivity index (χ0n) is 13.5. The van der Waals surface area contributed by atoms with Crippen molar-refractivity contribution in [3.05, 3.63) is 76.4 Å². The minimum atomic E-state index is 0. The van der Waals surface area contributed by atoms with Gasteiger partial charge in [-0.3, -0.25) is 0 Å². The molecule has 1 heterocycles. The normalized spacial score (nSPS) is 17.1. The topological polar surface area (TPSA) is 3.24 Å². The Labute approximate surface area is 144 Å². The predicted octanol–water partition coefficient (Wildman–Crippen LogP) is 5.12. The van der Waals surface area contributed by atoms with E-state index in [-0.39, 0.29) is 12.4 Å². The standard InChI is InChI=1S/C21H21N.ClH/c1-22-14-12-18(13-15-22)21-19-8-4-2-6-16(19)10-11-17-7-3-5-9-20(17)21;/h2-11H,12-15H2,1H3;1H. The second kappa shape index (κ2) is 6.74. The van der Waals surface area contributed by atoms with Crippen molar-refractivity contribution >= 4 is 30.1 Å². The van der Waals surface area contributed by atoms with E-state index in [1.807, 2.05) is 0 Å². The van der Waals surface area contributed by atoms with Crippen molar-refractivity contribution in [2.45, 2.75) is 12.8 Å². The lowest BCUT2D eigenvalue weighted by atomic mass is 9.86. The fraction of sp³-hybridized carbons (Fsp3) is 0.238. The minimum Gasteiger partial charge on any atom is -0.306 e. The van der Waals surface area contributed by atoms with Crippen molar-refractivity contribution in [3.63, 3.8) is 0 Å². The Morgan fingerprint density at radius 2 is 1.22 bits per heavy atom. The molecule has 1 fully saturated rings. The predicted molar refractivity (Wildman–Crippen MR) is 102 cm³/mol. The van der Waals surface area contributed by atoms with Gasteiger partial charge in [0.15, 0.2) is 0 Å². The van der Waals surface area contributed by atoms with Crippen LogP contribution >= 0.6 is 12.4 Å². The second-order valence-corrected chi connectivity index (χ2v) is 6.29. The maximum absolute atomic E-state index is 2.43. The van der Waals surface area contributed by atoms with E-state index >= 15 is 0 Å². The molecule has 118 valence electrons. The smallest absolute Gasteiger partial charge is 0.00160 e. The molecule has 1 aliphatic carbocycles. The number of halogens is 1. The van der Waals surface area contributed by atoms with Gasteiger partial charge in [-0.05, 0) is 47.7 Å². The summed E-state index contributed by atoms with van der Waals surface area (Å²) in [6.07, 6.45) is 6.87. The van der Waals surface area contributed by atoms with E-state index < -0.39 is 0 Å². The molecule has 0 unspecified atom stereocenters. The van der Waals surface area contributed by atoms with Crippen LogP contribution in [-0.4, -0.2) is 25.0 Å². The number of piperidine rings is 1. The molecule has 1 nitrogen and oxygen atoms in total. The number of fused-ring (bicyclic) bond motifs is 2. The van der Waals surface area contributed by atoms with Gasteiger partial charge in [0.2, 0.25) is 0 Å². The van der Waals surface area contributed by atoms with Crippen LogP contribution < -0.4 is 0 Å². The number of nitrogens with zero attached hydrogens (tertiary/aromatic N) is 1. The first-order valence-electron chi connectivity index (χ1n) is 8.10. The third kappa shape index (κ3) is 2.99. The molecule has 0 atom stereocenters. The van der Waals surface area contributed by atoms with Gasteiger partial charge in [-0.25, -0.2) is 0 Å². The lowest BCUT2D eigenvalue weighted by molar-refractivity contribution is 0.313. The largest absolute Gasteiger partial charge is 0.306 e. The van der Waals surface area contributed by atoms with Crippen LogP contribution in [0, 0.1) is 0 Å². The molecule has 0 N–H and O–H groups in total. The van der Waals surface area contributed by atoms with Crippen molar-refractivity contribution in [1.82, 2.24) is 4.90 Å². The van der Waals surface area contributed by atoms with Crippen molar-refractivity contribution in [2.75, 3.05) is 20.1 Å². The third-order valence-corrected chi connectivity index (χ3v) is 4.85. The molecule has 0 amide bonds. The van der Waals surface area contributed by atoms with E-state index in [2.05, 4.69) is 72.6 Å². The van der Waals surface area contributed by atoms with Gasteiger partial charge >= 0.3 is 0 Å². The average molecular weight is 324 g/mol. The molecule has 0 bridgehead atoms. The molecule has 0 saturated carbocycles. The first-order valence-corrected chi connectivity index (χ1v) is 8.10. The van der Waals surface area contributed by atoms with Crippen LogP contribution in [-0.2, 0) is 0 Å². The summed E-state index contributed by atoms with van der Waals surface area (Å²) in [5.41, 5.74) is 8.54. The van der Waals surface area contributed by atoms with E-state index in [1.165, 1.54) is 40.7 Å². The zero-order chi connectivity index (χ0) is 14.9. The molecule has 4 rings (SSSR count). The lowest BCUT2D eigenvalue weighted by Gasteiger charge is -2.27. The minimum absolute atomic E-state index is 0. The highest BCUT2D eigenvalue weighted by Gasteiger charge is 2.20. The maximum atomic E-state index is 2.43. The van der Waals surface area contributed by atoms with Gasteiger partial charge in [0.1, 0.15) is 0 Å². The van der Waals surface area contributed by atoms with E-state index in [0.29, 0.717) is 0 Å². The second-order valence-electron chi connectivity index (χ2n) is 6.29. The molecular formula is C21H22ClN. The number of hydrogen-bond donors (Lipinski definition) is 0. The van der Waals surface area contributed by atoms with Crippen molar-refractivity contribution in [1.29, 1.82) is 0 Å². The van der Waals surface area contributed by atoms with Crippen LogP contribution in [0.3, 0.4) is 0 Å². The van der Waals surface area contributed by atoms with Crippen LogP contribution in [0.15, 0.2) is 54.1 Å². The molecule has 2 aromatic carbocycles. The lowest BCUT2D eigenvalue weighted by Crippen LogP contribution is -2.27. The van der Waals surface area contributed by atoms with Crippen molar-refractivity contribution < 1.29 is 0 Å². The van der Waals surface area contributed by atoms with Crippen LogP contribution in [0.4, 0.5) is 0 Å². The van der Waals surface area contributed by atoms with Gasteiger partial charge in [-0.1, -0.05) is 66.3 Å². The van der Waals surface area contributed by atoms with Gasteiger partial charge in [-0.15, -0.1) is 12.4 Å². The average Bonchev–Trinajstić information content (AvgIpc) is 2.73. The highest BCUT2D eigenvalue weighted by Crippen LogP contribution is 2.38. The molecule has 2 aromatic rings. The molecule has 2 aliphatic rings. The van der Waals surface area contributed by atoms with Gasteiger partial charge in [0.25, 0.3) is 0 Å². The number of hydrogen-bond acceptors (Lipinski definition) is 1. The van der Waals surface area contributed by atoms with E-state index in [0.717, 1.165) is 13.1 Å².